The number of phenols is 1. The van der Waals surface area contributed by atoms with E-state index >= 15 is 0 Å². The molecule has 0 aromatic heterocycles. The number of carbonyl (C=O) groups excluding carboxylic acids is 3. The van der Waals surface area contributed by atoms with Crippen molar-refractivity contribution in [3.63, 3.8) is 0 Å². The zero-order valence-corrected chi connectivity index (χ0v) is 18.4. The summed E-state index contributed by atoms with van der Waals surface area (Å²) in [6.45, 7) is 3.89. The van der Waals surface area contributed by atoms with Gasteiger partial charge in [0, 0.05) is 29.7 Å². The maximum Gasteiger partial charge on any atom is 0.306 e. The van der Waals surface area contributed by atoms with Gasteiger partial charge < -0.3 is 24.6 Å². The summed E-state index contributed by atoms with van der Waals surface area (Å²) >= 11 is 0. The van der Waals surface area contributed by atoms with Gasteiger partial charge >= 0.3 is 5.97 Å². The number of carbonyl (C=O) groups is 3. The van der Waals surface area contributed by atoms with Gasteiger partial charge in [0.15, 0.2) is 11.6 Å². The number of phenolic OH excluding ortho intramolecular Hbond substituents is 1. The molecule has 1 aliphatic carbocycles. The van der Waals surface area contributed by atoms with Gasteiger partial charge in [-0.05, 0) is 32.3 Å². The highest BCUT2D eigenvalue weighted by molar-refractivity contribution is 6.27. The average molecular weight is 461 g/mol. The van der Waals surface area contributed by atoms with Gasteiger partial charge in [0.1, 0.15) is 24.1 Å². The van der Waals surface area contributed by atoms with Crippen molar-refractivity contribution < 1.29 is 38.8 Å². The van der Waals surface area contributed by atoms with E-state index in [1.54, 1.807) is 11.9 Å². The number of aromatic hydroxyl groups is 1. The van der Waals surface area contributed by atoms with Crippen LogP contribution in [0.25, 0.3) is 0 Å². The number of hydrogen-bond donors (Lipinski definition) is 1. The first-order chi connectivity index (χ1) is 15.9. The molecule has 1 aliphatic heterocycles. The fraction of sp³-hybridized carbons (Fsp3) is 0.500. The van der Waals surface area contributed by atoms with Gasteiger partial charge in [-0.1, -0.05) is 12.1 Å². The summed E-state index contributed by atoms with van der Waals surface area (Å²) in [6, 6.07) is 4.35. The highest BCUT2D eigenvalue weighted by Crippen LogP contribution is 2.33. The minimum absolute atomic E-state index is 0.0239. The number of ketones is 2. The molecule has 0 atom stereocenters. The lowest BCUT2D eigenvalue weighted by Gasteiger charge is -2.19. The Morgan fingerprint density at radius 3 is 2.70 bits per heavy atom. The van der Waals surface area contributed by atoms with E-state index in [4.69, 9.17) is 14.3 Å². The molecule has 2 aliphatic rings. The van der Waals surface area contributed by atoms with Crippen LogP contribution < -0.4 is 0 Å². The molecule has 1 N–H and O–H groups in total. The zero-order valence-electron chi connectivity index (χ0n) is 18.4. The molecule has 11 nitrogen and oxygen atoms in total. The molecule has 0 unspecified atom stereocenters. The third kappa shape index (κ3) is 6.28. The van der Waals surface area contributed by atoms with Crippen LogP contribution in [0.2, 0.25) is 0 Å². The van der Waals surface area contributed by atoms with Crippen LogP contribution in [-0.2, 0) is 19.1 Å². The summed E-state index contributed by atoms with van der Waals surface area (Å²) in [4.78, 5) is 42.2. The Hall–Kier alpha value is -3.47. The lowest BCUT2D eigenvalue weighted by Crippen LogP contribution is -2.33. The van der Waals surface area contributed by atoms with Gasteiger partial charge in [0.2, 0.25) is 0 Å². The number of esters is 1. The number of unbranched alkanes of at least 4 members (excludes halogenated alkanes) is 1. The van der Waals surface area contributed by atoms with Crippen LogP contribution in [0, 0.1) is 5.21 Å². The highest BCUT2D eigenvalue weighted by atomic mass is 16.9. The minimum atomic E-state index is -0.507. The van der Waals surface area contributed by atoms with E-state index in [1.165, 1.54) is 18.2 Å². The van der Waals surface area contributed by atoms with Crippen LogP contribution in [0.4, 0.5) is 0 Å². The molecule has 0 saturated carbocycles. The lowest BCUT2D eigenvalue weighted by molar-refractivity contribution is -0.798. The van der Waals surface area contributed by atoms with Crippen LogP contribution in [0.5, 0.6) is 5.75 Å². The number of hydrogen-bond acceptors (Lipinski definition) is 9. The van der Waals surface area contributed by atoms with Crippen molar-refractivity contribution in [2.75, 3.05) is 39.5 Å². The number of ether oxygens (including phenoxy) is 2. The van der Waals surface area contributed by atoms with E-state index in [2.05, 4.69) is 5.22 Å². The summed E-state index contributed by atoms with van der Waals surface area (Å²) in [5, 5.41) is 27.0. The first kappa shape index (κ1) is 24.2. The van der Waals surface area contributed by atoms with Gasteiger partial charge in [0.25, 0.3) is 0 Å². The van der Waals surface area contributed by atoms with Crippen molar-refractivity contribution in [2.24, 2.45) is 5.22 Å². The Morgan fingerprint density at radius 2 is 1.94 bits per heavy atom. The van der Waals surface area contributed by atoms with Crippen molar-refractivity contribution in [1.29, 1.82) is 0 Å². The number of fused-ring (bicyclic) bond motifs is 1. The minimum Gasteiger partial charge on any atom is -0.507 e. The standard InChI is InChI=1S/C22H27N3O8/c1-15-16(22(29)20-17(21(15)28)5-4-6-18(20)26)7-8-19(27)32-11-2-3-12-33-25(30)23-24-9-13-31-14-10-24/h4-6,26H,2-3,7-14H2,1H3/b25-23+. The Morgan fingerprint density at radius 1 is 1.21 bits per heavy atom. The van der Waals surface area contributed by atoms with Crippen LogP contribution in [0.3, 0.4) is 0 Å². The highest BCUT2D eigenvalue weighted by Gasteiger charge is 2.32. The van der Waals surface area contributed by atoms with Gasteiger partial charge in [-0.25, -0.2) is 0 Å². The smallest absolute Gasteiger partial charge is 0.306 e. The number of rotatable bonds is 10. The van der Waals surface area contributed by atoms with Crippen molar-refractivity contribution in [3.8, 4) is 5.75 Å². The molecule has 11 heteroatoms. The van der Waals surface area contributed by atoms with Crippen LogP contribution in [0.15, 0.2) is 34.6 Å². The molecule has 1 aromatic carbocycles. The molecule has 0 spiro atoms. The summed E-state index contributed by atoms with van der Waals surface area (Å²) in [5.41, 5.74) is 0.622. The molecule has 0 bridgehead atoms. The Labute approximate surface area is 190 Å². The lowest BCUT2D eigenvalue weighted by atomic mass is 9.82. The maximum atomic E-state index is 12.7. The number of benzene rings is 1. The molecule has 3 rings (SSSR count). The van der Waals surface area contributed by atoms with E-state index in [1.807, 2.05) is 0 Å². The largest absolute Gasteiger partial charge is 0.507 e. The zero-order chi connectivity index (χ0) is 23.8. The molecule has 0 radical (unpaired) electrons. The molecular formula is C22H27N3O8. The predicted octanol–water partition coefficient (Wildman–Crippen LogP) is 2.33. The summed E-state index contributed by atoms with van der Waals surface area (Å²) in [5.74, 6) is -1.55. The molecule has 1 saturated heterocycles. The van der Waals surface area contributed by atoms with E-state index in [0.717, 1.165) is 0 Å². The van der Waals surface area contributed by atoms with Crippen LogP contribution in [-0.4, -0.2) is 72.2 Å². The van der Waals surface area contributed by atoms with Crippen molar-refractivity contribution in [1.82, 2.24) is 5.01 Å². The molecule has 178 valence electrons. The quantitative estimate of drug-likeness (QED) is 0.240. The second kappa shape index (κ2) is 11.4. The summed E-state index contributed by atoms with van der Waals surface area (Å²) in [7, 11) is 0. The van der Waals surface area contributed by atoms with E-state index in [0.29, 0.717) is 39.1 Å². The Kier molecular flexibility index (Phi) is 8.36. The third-order valence-corrected chi connectivity index (χ3v) is 5.35. The SMILES string of the molecule is CC1=C(CCC(=O)OCCCCO/[N+]([O-])=N/N2CCOCC2)C(=O)c2c(O)cccc2C1=O. The second-order valence-corrected chi connectivity index (χ2v) is 7.62. The average Bonchev–Trinajstić information content (AvgIpc) is 2.80. The van der Waals surface area contributed by atoms with Crippen LogP contribution in [0.1, 0.15) is 53.3 Å². The molecule has 0 amide bonds. The Balaban J connectivity index is 1.36. The first-order valence-corrected chi connectivity index (χ1v) is 10.8. The fourth-order valence-electron chi connectivity index (χ4n) is 3.53. The molecule has 1 heterocycles. The molecule has 1 aromatic rings. The van der Waals surface area contributed by atoms with Gasteiger partial charge in [0.05, 0.1) is 30.4 Å². The van der Waals surface area contributed by atoms with Crippen molar-refractivity contribution in [2.45, 2.75) is 32.6 Å². The van der Waals surface area contributed by atoms with E-state index < -0.39 is 11.8 Å². The van der Waals surface area contributed by atoms with Crippen molar-refractivity contribution >= 4 is 17.5 Å². The number of allylic oxidation sites excluding steroid dienone is 2. The van der Waals surface area contributed by atoms with E-state index in [9.17, 15) is 24.7 Å². The number of morpholine rings is 1. The first-order valence-electron chi connectivity index (χ1n) is 10.8. The maximum absolute atomic E-state index is 12.7. The number of nitrogens with zero attached hydrogens (tertiary/aromatic N) is 3. The van der Waals surface area contributed by atoms with Crippen molar-refractivity contribution in [3.05, 3.63) is 45.7 Å². The fourth-order valence-corrected chi connectivity index (χ4v) is 3.53. The second-order valence-electron chi connectivity index (χ2n) is 7.62. The van der Waals surface area contributed by atoms with Gasteiger partial charge in [-0.15, -0.1) is 0 Å². The van der Waals surface area contributed by atoms with Crippen LogP contribution >= 0.6 is 0 Å². The Bertz CT molecular complexity index is 966. The molecule has 33 heavy (non-hydrogen) atoms. The van der Waals surface area contributed by atoms with E-state index in [-0.39, 0.29) is 64.9 Å². The third-order valence-electron chi connectivity index (χ3n) is 5.35. The summed E-state index contributed by atoms with van der Waals surface area (Å²) < 4.78 is 10.3. The number of Topliss-reactive ketones (excluding diaryl/α,β-unsaturated/α-hetero) is 2. The topological polar surface area (TPSA) is 141 Å². The summed E-state index contributed by atoms with van der Waals surface area (Å²) in [6.07, 6.45) is 0.938. The normalized spacial score (nSPS) is 16.6. The van der Waals surface area contributed by atoms with Gasteiger partial charge in [-0.2, -0.15) is 5.01 Å². The monoisotopic (exact) mass is 461 g/mol. The molecular weight excluding hydrogens is 434 g/mol. The molecule has 1 fully saturated rings. The predicted molar refractivity (Wildman–Crippen MR) is 113 cm³/mol. The van der Waals surface area contributed by atoms with Gasteiger partial charge in [-0.3, -0.25) is 14.4 Å².